The van der Waals surface area contributed by atoms with Crippen LogP contribution in [-0.2, 0) is 11.2 Å². The van der Waals surface area contributed by atoms with Gasteiger partial charge in [-0.05, 0) is 37.6 Å². The maximum absolute atomic E-state index is 12.3. The van der Waals surface area contributed by atoms with E-state index in [0.29, 0.717) is 6.54 Å². The molecule has 102 valence electrons. The molecule has 1 aromatic rings. The van der Waals surface area contributed by atoms with Crippen molar-refractivity contribution >= 4 is 11.6 Å². The summed E-state index contributed by atoms with van der Waals surface area (Å²) in [6.07, 6.45) is 0.404. The molecule has 0 saturated carbocycles. The summed E-state index contributed by atoms with van der Waals surface area (Å²) in [6, 6.07) is 6.24. The van der Waals surface area contributed by atoms with E-state index in [0.717, 1.165) is 36.5 Å². The van der Waals surface area contributed by atoms with Gasteiger partial charge >= 0.3 is 0 Å². The molecule has 0 aliphatic carbocycles. The van der Waals surface area contributed by atoms with E-state index in [1.165, 1.54) is 0 Å². The van der Waals surface area contributed by atoms with E-state index in [-0.39, 0.29) is 11.9 Å². The molecule has 0 spiro atoms. The lowest BCUT2D eigenvalue weighted by Crippen LogP contribution is -2.62. The van der Waals surface area contributed by atoms with Gasteiger partial charge in [-0.2, -0.15) is 0 Å². The molecule has 2 heterocycles. The molecule has 3 N–H and O–H groups in total. The van der Waals surface area contributed by atoms with Crippen LogP contribution in [-0.4, -0.2) is 37.7 Å². The van der Waals surface area contributed by atoms with Crippen LogP contribution >= 0.6 is 0 Å². The van der Waals surface area contributed by atoms with Crippen molar-refractivity contribution in [2.75, 3.05) is 24.5 Å². The Morgan fingerprint density at radius 2 is 2.26 bits per heavy atom. The van der Waals surface area contributed by atoms with Crippen molar-refractivity contribution in [3.63, 3.8) is 0 Å². The van der Waals surface area contributed by atoms with Crippen LogP contribution in [0.3, 0.4) is 0 Å². The number of nitrogens with two attached hydrogens (primary N) is 1. The zero-order valence-corrected chi connectivity index (χ0v) is 11.1. The van der Waals surface area contributed by atoms with Crippen molar-refractivity contribution in [2.45, 2.75) is 25.5 Å². The minimum Gasteiger partial charge on any atom is -0.479 e. The molecule has 5 nitrogen and oxygen atoms in total. The average Bonchev–Trinajstić information content (AvgIpc) is 2.33. The Balaban J connectivity index is 1.99. The first-order valence-electron chi connectivity index (χ1n) is 6.74. The average molecular weight is 261 g/mol. The SMILES string of the molecule is CC1Oc2ccc(CCN)cc2N(C2CNC2)C1=O. The van der Waals surface area contributed by atoms with Crippen LogP contribution < -0.4 is 20.7 Å². The van der Waals surface area contributed by atoms with E-state index in [1.54, 1.807) is 6.92 Å². The van der Waals surface area contributed by atoms with Gasteiger partial charge in [-0.25, -0.2) is 0 Å². The summed E-state index contributed by atoms with van der Waals surface area (Å²) in [5.41, 5.74) is 7.63. The number of hydrogen-bond acceptors (Lipinski definition) is 4. The largest absolute Gasteiger partial charge is 0.479 e. The molecular formula is C14H19N3O2. The highest BCUT2D eigenvalue weighted by Crippen LogP contribution is 2.36. The second-order valence-corrected chi connectivity index (χ2v) is 5.12. The molecule has 2 aliphatic heterocycles. The Kier molecular flexibility index (Phi) is 3.16. The summed E-state index contributed by atoms with van der Waals surface area (Å²) in [5.74, 6) is 0.837. The lowest BCUT2D eigenvalue weighted by atomic mass is 10.0. The number of nitrogens with one attached hydrogen (secondary N) is 1. The van der Waals surface area contributed by atoms with Crippen LogP contribution in [0.15, 0.2) is 18.2 Å². The maximum atomic E-state index is 12.3. The number of nitrogens with zero attached hydrogens (tertiary/aromatic N) is 1. The molecule has 5 heteroatoms. The number of carbonyl (C=O) groups is 1. The van der Waals surface area contributed by atoms with E-state index < -0.39 is 6.10 Å². The van der Waals surface area contributed by atoms with Gasteiger partial charge in [-0.1, -0.05) is 6.07 Å². The zero-order chi connectivity index (χ0) is 13.4. The molecule has 2 aliphatic rings. The summed E-state index contributed by atoms with van der Waals surface area (Å²) in [4.78, 5) is 14.2. The predicted octanol–water partition coefficient (Wildman–Crippen LogP) is 0.273. The Bertz CT molecular complexity index is 499. The number of anilines is 1. The number of rotatable bonds is 3. The molecule has 1 unspecified atom stereocenters. The number of benzene rings is 1. The maximum Gasteiger partial charge on any atom is 0.268 e. The third kappa shape index (κ3) is 2.09. The van der Waals surface area contributed by atoms with Crippen molar-refractivity contribution in [1.82, 2.24) is 5.32 Å². The van der Waals surface area contributed by atoms with Crippen LogP contribution in [0.2, 0.25) is 0 Å². The monoisotopic (exact) mass is 261 g/mol. The van der Waals surface area contributed by atoms with Crippen LogP contribution in [0, 0.1) is 0 Å². The molecule has 1 aromatic carbocycles. The topological polar surface area (TPSA) is 67.6 Å². The van der Waals surface area contributed by atoms with Gasteiger partial charge in [0.25, 0.3) is 5.91 Å². The fourth-order valence-electron chi connectivity index (χ4n) is 2.56. The minimum absolute atomic E-state index is 0.0453. The fraction of sp³-hybridized carbons (Fsp3) is 0.500. The third-order valence-electron chi connectivity index (χ3n) is 3.73. The van der Waals surface area contributed by atoms with Gasteiger partial charge in [0.2, 0.25) is 0 Å². The summed E-state index contributed by atoms with van der Waals surface area (Å²) >= 11 is 0. The molecule has 1 amide bonds. The highest BCUT2D eigenvalue weighted by Gasteiger charge is 2.38. The molecule has 1 saturated heterocycles. The number of ether oxygens (including phenoxy) is 1. The number of hydrogen-bond donors (Lipinski definition) is 2. The van der Waals surface area contributed by atoms with Crippen molar-refractivity contribution in [3.8, 4) is 5.75 Å². The second-order valence-electron chi connectivity index (χ2n) is 5.12. The second kappa shape index (κ2) is 4.83. The van der Waals surface area contributed by atoms with Gasteiger partial charge in [0.1, 0.15) is 5.75 Å². The van der Waals surface area contributed by atoms with Crippen LogP contribution in [0.1, 0.15) is 12.5 Å². The van der Waals surface area contributed by atoms with Crippen molar-refractivity contribution in [2.24, 2.45) is 5.73 Å². The van der Waals surface area contributed by atoms with Crippen molar-refractivity contribution < 1.29 is 9.53 Å². The summed E-state index contributed by atoms with van der Waals surface area (Å²) in [6.45, 7) is 4.10. The first-order valence-corrected chi connectivity index (χ1v) is 6.74. The van der Waals surface area contributed by atoms with E-state index >= 15 is 0 Å². The fourth-order valence-corrected chi connectivity index (χ4v) is 2.56. The quantitative estimate of drug-likeness (QED) is 0.820. The van der Waals surface area contributed by atoms with E-state index in [9.17, 15) is 4.79 Å². The van der Waals surface area contributed by atoms with E-state index in [2.05, 4.69) is 5.32 Å². The van der Waals surface area contributed by atoms with E-state index in [1.807, 2.05) is 23.1 Å². The summed E-state index contributed by atoms with van der Waals surface area (Å²) in [5, 5.41) is 3.21. The van der Waals surface area contributed by atoms with Gasteiger partial charge in [-0.3, -0.25) is 4.79 Å². The van der Waals surface area contributed by atoms with E-state index in [4.69, 9.17) is 10.5 Å². The lowest BCUT2D eigenvalue weighted by molar-refractivity contribution is -0.126. The van der Waals surface area contributed by atoms with Gasteiger partial charge in [-0.15, -0.1) is 0 Å². The summed E-state index contributed by atoms with van der Waals surface area (Å²) in [7, 11) is 0. The normalized spacial score (nSPS) is 22.7. The Labute approximate surface area is 112 Å². The smallest absolute Gasteiger partial charge is 0.268 e. The van der Waals surface area contributed by atoms with Gasteiger partial charge in [0, 0.05) is 13.1 Å². The number of fused-ring (bicyclic) bond motifs is 1. The first kappa shape index (κ1) is 12.4. The number of amides is 1. The molecule has 1 fully saturated rings. The standard InChI is InChI=1S/C14H19N3O2/c1-9-14(18)17(11-7-16-8-11)12-6-10(4-5-15)2-3-13(12)19-9/h2-3,6,9,11,16H,4-5,7-8,15H2,1H3. The molecule has 0 aromatic heterocycles. The Morgan fingerprint density at radius 3 is 2.89 bits per heavy atom. The number of carbonyl (C=O) groups excluding carboxylic acids is 1. The highest BCUT2D eigenvalue weighted by atomic mass is 16.5. The first-order chi connectivity index (χ1) is 9.20. The molecule has 19 heavy (non-hydrogen) atoms. The predicted molar refractivity (Wildman–Crippen MR) is 73.4 cm³/mol. The van der Waals surface area contributed by atoms with Crippen molar-refractivity contribution in [1.29, 1.82) is 0 Å². The third-order valence-corrected chi connectivity index (χ3v) is 3.73. The molecule has 3 rings (SSSR count). The summed E-state index contributed by atoms with van der Waals surface area (Å²) < 4.78 is 5.68. The molecule has 1 atom stereocenters. The minimum atomic E-state index is -0.409. The van der Waals surface area contributed by atoms with Crippen molar-refractivity contribution in [3.05, 3.63) is 23.8 Å². The van der Waals surface area contributed by atoms with Gasteiger partial charge < -0.3 is 20.7 Å². The van der Waals surface area contributed by atoms with Gasteiger partial charge in [0.05, 0.1) is 11.7 Å². The van der Waals surface area contributed by atoms with Crippen LogP contribution in [0.5, 0.6) is 5.75 Å². The zero-order valence-electron chi connectivity index (χ0n) is 11.1. The molecular weight excluding hydrogens is 242 g/mol. The lowest BCUT2D eigenvalue weighted by Gasteiger charge is -2.42. The Morgan fingerprint density at radius 1 is 1.47 bits per heavy atom. The van der Waals surface area contributed by atoms with Crippen LogP contribution in [0.25, 0.3) is 0 Å². The van der Waals surface area contributed by atoms with Crippen LogP contribution in [0.4, 0.5) is 5.69 Å². The van der Waals surface area contributed by atoms with Gasteiger partial charge in [0.15, 0.2) is 6.10 Å². The Hall–Kier alpha value is -1.59. The molecule has 0 bridgehead atoms. The highest BCUT2D eigenvalue weighted by molar-refractivity contribution is 6.00. The molecule has 0 radical (unpaired) electrons.